The van der Waals surface area contributed by atoms with Crippen molar-refractivity contribution in [1.29, 1.82) is 0 Å². The number of thioether (sulfide) groups is 1. The molecule has 0 bridgehead atoms. The van der Waals surface area contributed by atoms with Gasteiger partial charge in [0.15, 0.2) is 0 Å². The van der Waals surface area contributed by atoms with Gasteiger partial charge in [0.25, 0.3) is 0 Å². The van der Waals surface area contributed by atoms with E-state index in [0.717, 1.165) is 68.0 Å². The monoisotopic (exact) mass is 514 g/mol. The van der Waals surface area contributed by atoms with Gasteiger partial charge in [0.1, 0.15) is 17.4 Å². The van der Waals surface area contributed by atoms with E-state index in [9.17, 15) is 18.7 Å². The number of hydrogen-bond acceptors (Lipinski definition) is 5. The highest BCUT2D eigenvalue weighted by Crippen LogP contribution is 2.32. The molecule has 5 nitrogen and oxygen atoms in total. The summed E-state index contributed by atoms with van der Waals surface area (Å²) in [5.41, 5.74) is 2.18. The van der Waals surface area contributed by atoms with Crippen molar-refractivity contribution in [3.8, 4) is 5.75 Å². The van der Waals surface area contributed by atoms with E-state index < -0.39 is 17.6 Å². The second-order valence-corrected chi connectivity index (χ2v) is 10.6. The molecule has 1 aliphatic heterocycles. The number of benzene rings is 2. The van der Waals surface area contributed by atoms with Gasteiger partial charge < -0.3 is 14.7 Å². The summed E-state index contributed by atoms with van der Waals surface area (Å²) in [5, 5.41) is 10.6. The molecule has 0 saturated carbocycles. The molecule has 1 fully saturated rings. The molecule has 4 rings (SSSR count). The number of carbonyl (C=O) groups is 1. The SMILES string of the molecule is COc1ccc2nccc(CCC[C@@H]3CCN(CCSc4cc(F)cc(F)c4)C[C@@H]3CC(=O)O)c2c1. The number of halogens is 2. The maximum atomic E-state index is 13.4. The highest BCUT2D eigenvalue weighted by atomic mass is 32.2. The summed E-state index contributed by atoms with van der Waals surface area (Å²) in [5.74, 6) is 0.0750. The zero-order chi connectivity index (χ0) is 25.5. The minimum atomic E-state index is -0.760. The maximum absolute atomic E-state index is 13.4. The fourth-order valence-corrected chi connectivity index (χ4v) is 6.16. The molecule has 0 spiro atoms. The van der Waals surface area contributed by atoms with Gasteiger partial charge in [-0.2, -0.15) is 0 Å². The molecule has 3 aromatic rings. The van der Waals surface area contributed by atoms with E-state index in [1.165, 1.54) is 29.5 Å². The highest BCUT2D eigenvalue weighted by molar-refractivity contribution is 7.99. The van der Waals surface area contributed by atoms with Gasteiger partial charge in [-0.25, -0.2) is 8.78 Å². The predicted octanol–water partition coefficient (Wildman–Crippen LogP) is 6.05. The molecule has 1 N–H and O–H groups in total. The van der Waals surface area contributed by atoms with Gasteiger partial charge >= 0.3 is 5.97 Å². The number of piperidine rings is 1. The van der Waals surface area contributed by atoms with Gasteiger partial charge in [-0.15, -0.1) is 11.8 Å². The molecular weight excluding hydrogens is 482 g/mol. The molecule has 8 heteroatoms. The zero-order valence-electron chi connectivity index (χ0n) is 20.5. The minimum absolute atomic E-state index is 0.0992. The van der Waals surface area contributed by atoms with Crippen molar-refractivity contribution in [2.75, 3.05) is 32.5 Å². The molecule has 0 radical (unpaired) electrons. The summed E-state index contributed by atoms with van der Waals surface area (Å²) in [6, 6.07) is 11.5. The lowest BCUT2D eigenvalue weighted by Crippen LogP contribution is -2.42. The van der Waals surface area contributed by atoms with Gasteiger partial charge in [0, 0.05) is 47.8 Å². The molecule has 0 unspecified atom stereocenters. The molecule has 0 amide bonds. The molecule has 36 heavy (non-hydrogen) atoms. The number of ether oxygens (including phenoxy) is 1. The van der Waals surface area contributed by atoms with Gasteiger partial charge in [-0.3, -0.25) is 9.78 Å². The summed E-state index contributed by atoms with van der Waals surface area (Å²) >= 11 is 1.42. The van der Waals surface area contributed by atoms with Crippen LogP contribution in [-0.2, 0) is 11.2 Å². The summed E-state index contributed by atoms with van der Waals surface area (Å²) in [7, 11) is 1.66. The van der Waals surface area contributed by atoms with Crippen molar-refractivity contribution in [2.24, 2.45) is 11.8 Å². The quantitative estimate of drug-likeness (QED) is 0.314. The number of methoxy groups -OCH3 is 1. The largest absolute Gasteiger partial charge is 0.497 e. The number of aromatic nitrogens is 1. The second kappa shape index (κ2) is 12.5. The molecule has 1 aliphatic rings. The Labute approximate surface area is 214 Å². The predicted molar refractivity (Wildman–Crippen MR) is 139 cm³/mol. The Balaban J connectivity index is 1.31. The molecular formula is C28H32F2N2O3S. The van der Waals surface area contributed by atoms with Crippen LogP contribution in [0.3, 0.4) is 0 Å². The third kappa shape index (κ3) is 7.17. The Morgan fingerprint density at radius 2 is 1.97 bits per heavy atom. The summed E-state index contributed by atoms with van der Waals surface area (Å²) < 4.78 is 32.2. The van der Waals surface area contributed by atoms with Crippen LogP contribution in [0.1, 0.15) is 31.2 Å². The Morgan fingerprint density at radius 3 is 2.72 bits per heavy atom. The third-order valence-corrected chi connectivity index (χ3v) is 7.94. The van der Waals surface area contributed by atoms with Crippen LogP contribution in [0.25, 0.3) is 10.9 Å². The number of pyridine rings is 1. The fourth-order valence-electron chi connectivity index (χ4n) is 5.18. The molecule has 2 aromatic carbocycles. The van der Waals surface area contributed by atoms with E-state index >= 15 is 0 Å². The van der Waals surface area contributed by atoms with Crippen molar-refractivity contribution in [1.82, 2.24) is 9.88 Å². The van der Waals surface area contributed by atoms with Crippen LogP contribution >= 0.6 is 11.8 Å². The van der Waals surface area contributed by atoms with Crippen LogP contribution in [0, 0.1) is 23.5 Å². The third-order valence-electron chi connectivity index (χ3n) is 6.98. The minimum Gasteiger partial charge on any atom is -0.497 e. The van der Waals surface area contributed by atoms with Crippen molar-refractivity contribution in [2.45, 2.75) is 37.0 Å². The van der Waals surface area contributed by atoms with Gasteiger partial charge in [0.2, 0.25) is 0 Å². The summed E-state index contributed by atoms with van der Waals surface area (Å²) in [6.07, 6.45) is 5.84. The van der Waals surface area contributed by atoms with E-state index in [1.807, 2.05) is 24.4 Å². The summed E-state index contributed by atoms with van der Waals surface area (Å²) in [6.45, 7) is 2.41. The molecule has 1 saturated heterocycles. The number of rotatable bonds is 11. The second-order valence-electron chi connectivity index (χ2n) is 9.41. The first kappa shape index (κ1) is 26.4. The number of carboxylic acid groups (broad SMARTS) is 1. The van der Waals surface area contributed by atoms with E-state index in [4.69, 9.17) is 4.74 Å². The van der Waals surface area contributed by atoms with E-state index in [2.05, 4.69) is 16.0 Å². The number of aryl methyl sites for hydroxylation is 1. The van der Waals surface area contributed by atoms with Gasteiger partial charge in [-0.1, -0.05) is 0 Å². The number of carboxylic acids is 1. The van der Waals surface area contributed by atoms with Crippen molar-refractivity contribution in [3.63, 3.8) is 0 Å². The number of likely N-dealkylation sites (tertiary alicyclic amines) is 1. The van der Waals surface area contributed by atoms with Gasteiger partial charge in [-0.05, 0) is 86.0 Å². The van der Waals surface area contributed by atoms with Crippen LogP contribution in [0.5, 0.6) is 5.75 Å². The van der Waals surface area contributed by atoms with Crippen molar-refractivity contribution < 1.29 is 23.4 Å². The van der Waals surface area contributed by atoms with Crippen LogP contribution in [0.2, 0.25) is 0 Å². The van der Waals surface area contributed by atoms with Crippen LogP contribution in [0.4, 0.5) is 8.78 Å². The lowest BCUT2D eigenvalue weighted by molar-refractivity contribution is -0.139. The van der Waals surface area contributed by atoms with Crippen LogP contribution < -0.4 is 4.74 Å². The Kier molecular flexibility index (Phi) is 9.15. The Bertz CT molecular complexity index is 1170. The van der Waals surface area contributed by atoms with Crippen LogP contribution in [0.15, 0.2) is 53.6 Å². The average Bonchev–Trinajstić information content (AvgIpc) is 2.84. The molecule has 1 aromatic heterocycles. The lowest BCUT2D eigenvalue weighted by Gasteiger charge is -2.38. The first-order valence-corrected chi connectivity index (χ1v) is 13.3. The maximum Gasteiger partial charge on any atom is 0.303 e. The van der Waals surface area contributed by atoms with E-state index in [1.54, 1.807) is 7.11 Å². The van der Waals surface area contributed by atoms with Gasteiger partial charge in [0.05, 0.1) is 12.6 Å². The Morgan fingerprint density at radius 1 is 1.17 bits per heavy atom. The van der Waals surface area contributed by atoms with E-state index in [0.29, 0.717) is 16.6 Å². The zero-order valence-corrected chi connectivity index (χ0v) is 21.3. The first-order chi connectivity index (χ1) is 17.4. The average molecular weight is 515 g/mol. The normalized spacial score (nSPS) is 18.4. The smallest absolute Gasteiger partial charge is 0.303 e. The molecule has 192 valence electrons. The highest BCUT2D eigenvalue weighted by Gasteiger charge is 2.30. The molecule has 2 atom stereocenters. The standard InChI is InChI=1S/C28H32F2N2O3S/c1-35-24-5-6-27-26(17-24)20(7-9-31-27)4-2-3-19-8-10-32(18-21(19)13-28(33)34)11-12-36-25-15-22(29)14-23(30)16-25/h5-7,9,14-17,19,21H,2-4,8,10-13,18H2,1H3,(H,33,34)/t19-,21+/m1/s1. The first-order valence-electron chi connectivity index (χ1n) is 12.4. The van der Waals surface area contributed by atoms with Crippen molar-refractivity contribution in [3.05, 3.63) is 65.9 Å². The number of hydrogen-bond donors (Lipinski definition) is 1. The fraction of sp³-hybridized carbons (Fsp3) is 0.429. The van der Waals surface area contributed by atoms with Crippen molar-refractivity contribution >= 4 is 28.6 Å². The number of nitrogens with zero attached hydrogens (tertiary/aromatic N) is 2. The topological polar surface area (TPSA) is 62.7 Å². The molecule has 0 aliphatic carbocycles. The Hall–Kier alpha value is -2.71. The number of fused-ring (bicyclic) bond motifs is 1. The summed E-state index contributed by atoms with van der Waals surface area (Å²) in [4.78, 5) is 18.9. The van der Waals surface area contributed by atoms with E-state index in [-0.39, 0.29) is 12.3 Å². The number of aliphatic carboxylic acids is 1. The molecule has 2 heterocycles. The lowest BCUT2D eigenvalue weighted by atomic mass is 9.80. The van der Waals surface area contributed by atoms with Crippen LogP contribution in [-0.4, -0.2) is 53.5 Å².